The summed E-state index contributed by atoms with van der Waals surface area (Å²) in [4.78, 5) is 36.0. The number of likely N-dealkylation sites (tertiary alicyclic amines) is 1. The van der Waals surface area contributed by atoms with Crippen molar-refractivity contribution in [1.82, 2.24) is 9.80 Å². The number of piperidine rings is 3. The second kappa shape index (κ2) is 14.2. The third-order valence-electron chi connectivity index (χ3n) is 7.06. The molecule has 3 saturated heterocycles. The Kier molecular flexibility index (Phi) is 11.7. The minimum atomic E-state index is -0.833. The van der Waals surface area contributed by atoms with Gasteiger partial charge in [-0.15, -0.1) is 0 Å². The molecule has 3 fully saturated rings. The second-order valence-corrected chi connectivity index (χ2v) is 10.1. The van der Waals surface area contributed by atoms with Crippen LogP contribution in [0.2, 0.25) is 0 Å². The van der Waals surface area contributed by atoms with Crippen molar-refractivity contribution in [2.75, 3.05) is 19.6 Å². The lowest BCUT2D eigenvalue weighted by molar-refractivity contribution is -0.140. The molecule has 3 aliphatic rings. The van der Waals surface area contributed by atoms with Crippen LogP contribution < -0.4 is 5.73 Å². The number of amides is 1. The number of carboxylic acid groups (broad SMARTS) is 2. The van der Waals surface area contributed by atoms with Crippen LogP contribution in [0.5, 0.6) is 0 Å². The zero-order valence-electron chi connectivity index (χ0n) is 21.4. The van der Waals surface area contributed by atoms with Gasteiger partial charge in [-0.25, -0.2) is 0 Å². The Morgan fingerprint density at radius 1 is 1.03 bits per heavy atom. The molecule has 8 heteroatoms. The number of carboxylic acids is 2. The molecule has 1 aromatic carbocycles. The molecule has 0 aliphatic carbocycles. The molecular formula is C27H43N3O5. The van der Waals surface area contributed by atoms with Crippen molar-refractivity contribution < 1.29 is 24.6 Å². The van der Waals surface area contributed by atoms with Crippen LogP contribution in [0.4, 0.5) is 0 Å². The minimum absolute atomic E-state index is 0.155. The molecular weight excluding hydrogens is 446 g/mol. The molecule has 4 N–H and O–H groups in total. The molecule has 4 rings (SSSR count). The Hall–Kier alpha value is -2.45. The van der Waals surface area contributed by atoms with Gasteiger partial charge in [0.1, 0.15) is 0 Å². The van der Waals surface area contributed by atoms with Gasteiger partial charge in [-0.2, -0.15) is 0 Å². The van der Waals surface area contributed by atoms with E-state index in [4.69, 9.17) is 25.5 Å². The summed E-state index contributed by atoms with van der Waals surface area (Å²) in [5, 5.41) is 14.8. The van der Waals surface area contributed by atoms with Crippen molar-refractivity contribution in [3.63, 3.8) is 0 Å². The van der Waals surface area contributed by atoms with E-state index in [1.807, 2.05) is 18.2 Å². The van der Waals surface area contributed by atoms with E-state index in [-0.39, 0.29) is 5.91 Å². The molecule has 3 aliphatic heterocycles. The first-order chi connectivity index (χ1) is 16.6. The van der Waals surface area contributed by atoms with Gasteiger partial charge in [0.25, 0.3) is 11.9 Å². The highest BCUT2D eigenvalue weighted by molar-refractivity contribution is 5.82. The van der Waals surface area contributed by atoms with Gasteiger partial charge in [0.2, 0.25) is 5.91 Å². The van der Waals surface area contributed by atoms with Crippen molar-refractivity contribution in [2.45, 2.75) is 83.8 Å². The number of hydrogen-bond donors (Lipinski definition) is 3. The fourth-order valence-corrected chi connectivity index (χ4v) is 5.92. The number of rotatable bonds is 5. The molecule has 0 aromatic heterocycles. The quantitative estimate of drug-likeness (QED) is 0.580. The number of nitrogens with zero attached hydrogens (tertiary/aromatic N) is 2. The van der Waals surface area contributed by atoms with E-state index in [1.165, 1.54) is 45.1 Å². The first-order valence-electron chi connectivity index (χ1n) is 12.8. The van der Waals surface area contributed by atoms with Crippen molar-refractivity contribution >= 4 is 17.8 Å². The Bertz CT molecular complexity index is 796. The second-order valence-electron chi connectivity index (χ2n) is 10.1. The molecule has 1 aromatic rings. The molecule has 0 unspecified atom stereocenters. The lowest BCUT2D eigenvalue weighted by atomic mass is 9.74. The summed E-state index contributed by atoms with van der Waals surface area (Å²) in [6.07, 6.45) is 8.60. The summed E-state index contributed by atoms with van der Waals surface area (Å²) < 4.78 is 0. The minimum Gasteiger partial charge on any atom is -0.481 e. The van der Waals surface area contributed by atoms with Crippen LogP contribution in [0.3, 0.4) is 0 Å². The lowest BCUT2D eigenvalue weighted by Gasteiger charge is -2.55. The number of benzene rings is 1. The average molecular weight is 490 g/mol. The maximum Gasteiger partial charge on any atom is 0.300 e. The first kappa shape index (κ1) is 28.8. The van der Waals surface area contributed by atoms with Gasteiger partial charge in [-0.1, -0.05) is 50.1 Å². The molecule has 1 amide bonds. The fraction of sp³-hybridized carbons (Fsp3) is 0.667. The van der Waals surface area contributed by atoms with E-state index >= 15 is 0 Å². The third kappa shape index (κ3) is 9.26. The Labute approximate surface area is 209 Å². The molecule has 3 heterocycles. The van der Waals surface area contributed by atoms with E-state index in [2.05, 4.69) is 28.9 Å². The van der Waals surface area contributed by atoms with Crippen molar-refractivity contribution in [2.24, 2.45) is 17.6 Å². The molecule has 0 saturated carbocycles. The Morgan fingerprint density at radius 2 is 1.66 bits per heavy atom. The number of nitrogens with two attached hydrogens (primary N) is 1. The van der Waals surface area contributed by atoms with Gasteiger partial charge >= 0.3 is 0 Å². The number of aliphatic carboxylic acids is 2. The third-order valence-corrected chi connectivity index (χ3v) is 7.06. The highest BCUT2D eigenvalue weighted by Gasteiger charge is 2.45. The van der Waals surface area contributed by atoms with Crippen LogP contribution in [-0.2, 0) is 20.8 Å². The van der Waals surface area contributed by atoms with Crippen LogP contribution in [-0.4, -0.2) is 75.6 Å². The Morgan fingerprint density at radius 3 is 2.26 bits per heavy atom. The van der Waals surface area contributed by atoms with Crippen LogP contribution in [0, 0.1) is 11.8 Å². The van der Waals surface area contributed by atoms with Crippen LogP contribution in [0.15, 0.2) is 30.3 Å². The van der Waals surface area contributed by atoms with Crippen LogP contribution >= 0.6 is 0 Å². The molecule has 0 radical (unpaired) electrons. The van der Waals surface area contributed by atoms with Crippen molar-refractivity contribution in [1.29, 1.82) is 0 Å². The van der Waals surface area contributed by atoms with Crippen LogP contribution in [0.25, 0.3) is 0 Å². The number of fused-ring (bicyclic) bond motifs is 4. The highest BCUT2D eigenvalue weighted by atomic mass is 16.4. The summed E-state index contributed by atoms with van der Waals surface area (Å²) in [5.41, 5.74) is 7.47. The SMILES string of the molecule is CC(=O)O.CC(=O)O.CCC[C@H]1CCC[C@H]2[C@@H]3C[C@@H](CN(C(=O)[C@H](N)Cc4ccccc4)C3)CN12. The lowest BCUT2D eigenvalue weighted by Crippen LogP contribution is -2.63. The smallest absolute Gasteiger partial charge is 0.300 e. The molecule has 0 spiro atoms. The predicted octanol–water partition coefficient (Wildman–Crippen LogP) is 3.24. The summed E-state index contributed by atoms with van der Waals surface area (Å²) in [6.45, 7) is 7.48. The predicted molar refractivity (Wildman–Crippen MR) is 136 cm³/mol. The van der Waals surface area contributed by atoms with Gasteiger partial charge in [-0.05, 0) is 49.5 Å². The standard InChI is InChI=1S/C23H35N3O.2C2H4O2/c1-2-7-20-10-6-11-22-19-12-18(15-26(20)22)14-25(16-19)23(27)21(24)13-17-8-4-3-5-9-17;2*1-2(3)4/h3-5,8-9,18-22H,2,6-7,10-16,24H2,1H3;2*1H3,(H,3,4)/t18-,19+,20-,21+,22-;;/m0../s1. The fourth-order valence-electron chi connectivity index (χ4n) is 5.92. The van der Waals surface area contributed by atoms with Crippen LogP contribution in [0.1, 0.15) is 64.9 Å². The highest BCUT2D eigenvalue weighted by Crippen LogP contribution is 2.40. The summed E-state index contributed by atoms with van der Waals surface area (Å²) >= 11 is 0. The first-order valence-corrected chi connectivity index (χ1v) is 12.8. The number of carbonyl (C=O) groups excluding carboxylic acids is 1. The van der Waals surface area contributed by atoms with Gasteiger partial charge in [-0.3, -0.25) is 19.3 Å². The van der Waals surface area contributed by atoms with Gasteiger partial charge in [0, 0.05) is 45.6 Å². The van der Waals surface area contributed by atoms with Gasteiger partial charge < -0.3 is 20.8 Å². The Balaban J connectivity index is 0.000000473. The summed E-state index contributed by atoms with van der Waals surface area (Å²) in [7, 11) is 0. The maximum atomic E-state index is 13.0. The monoisotopic (exact) mass is 489 g/mol. The normalized spacial score (nSPS) is 26.1. The zero-order valence-corrected chi connectivity index (χ0v) is 21.4. The number of carbonyl (C=O) groups is 3. The molecule has 35 heavy (non-hydrogen) atoms. The summed E-state index contributed by atoms with van der Waals surface area (Å²) in [5.74, 6) is -0.238. The van der Waals surface area contributed by atoms with Crippen molar-refractivity contribution in [3.05, 3.63) is 35.9 Å². The molecule has 8 nitrogen and oxygen atoms in total. The van der Waals surface area contributed by atoms with E-state index in [9.17, 15) is 4.79 Å². The van der Waals surface area contributed by atoms with E-state index in [1.54, 1.807) is 0 Å². The van der Waals surface area contributed by atoms with Crippen molar-refractivity contribution in [3.8, 4) is 0 Å². The topological polar surface area (TPSA) is 124 Å². The summed E-state index contributed by atoms with van der Waals surface area (Å²) in [6, 6.07) is 11.2. The van der Waals surface area contributed by atoms with E-state index in [0.29, 0.717) is 24.3 Å². The van der Waals surface area contributed by atoms with Gasteiger partial charge in [0.05, 0.1) is 6.04 Å². The van der Waals surface area contributed by atoms with E-state index < -0.39 is 18.0 Å². The maximum absolute atomic E-state index is 13.0. The molecule has 5 atom stereocenters. The van der Waals surface area contributed by atoms with E-state index in [0.717, 1.165) is 38.5 Å². The number of hydrogen-bond acceptors (Lipinski definition) is 5. The average Bonchev–Trinajstić information content (AvgIpc) is 2.79. The zero-order chi connectivity index (χ0) is 26.0. The molecule has 2 bridgehead atoms. The molecule has 196 valence electrons. The van der Waals surface area contributed by atoms with Gasteiger partial charge in [0.15, 0.2) is 0 Å². The largest absolute Gasteiger partial charge is 0.481 e.